The molecule has 0 atom stereocenters. The summed E-state index contributed by atoms with van der Waals surface area (Å²) >= 11 is 0. The minimum atomic E-state index is 0. The second-order valence-corrected chi connectivity index (χ2v) is 6.32. The van der Waals surface area contributed by atoms with Gasteiger partial charge >= 0.3 is 0 Å². The van der Waals surface area contributed by atoms with Crippen LogP contribution in [0.5, 0.6) is 0 Å². The van der Waals surface area contributed by atoms with Crippen molar-refractivity contribution in [3.8, 4) is 22.4 Å². The molecule has 5 rings (SSSR count). The Morgan fingerprint density at radius 1 is 0.630 bits per heavy atom. The van der Waals surface area contributed by atoms with Crippen LogP contribution in [0.25, 0.3) is 44.2 Å². The van der Waals surface area contributed by atoms with E-state index in [1.54, 1.807) is 0 Å². The van der Waals surface area contributed by atoms with Crippen LogP contribution in [0.15, 0.2) is 97.2 Å². The average Bonchev–Trinajstić information content (AvgIpc) is 2.74. The Morgan fingerprint density at radius 2 is 1.33 bits per heavy atom. The number of benzene rings is 3. The van der Waals surface area contributed by atoms with E-state index in [0.29, 0.717) is 0 Å². The van der Waals surface area contributed by atoms with Crippen LogP contribution in [0.1, 0.15) is 0 Å². The Kier molecular flexibility index (Phi) is 4.79. The minimum Gasteiger partial charge on any atom is -0.256 e. The Balaban J connectivity index is 0.00000180. The largest absolute Gasteiger partial charge is 0.256 e. The van der Waals surface area contributed by atoms with Crippen molar-refractivity contribution in [1.29, 1.82) is 0 Å². The molecule has 2 nitrogen and oxygen atoms in total. The van der Waals surface area contributed by atoms with Crippen molar-refractivity contribution >= 4 is 21.8 Å². The molecular formula is C24H16N2Ru. The van der Waals surface area contributed by atoms with Crippen LogP contribution >= 0.6 is 0 Å². The quantitative estimate of drug-likeness (QED) is 0.248. The third-order valence-electron chi connectivity index (χ3n) is 4.70. The number of fused-ring (bicyclic) bond motifs is 3. The van der Waals surface area contributed by atoms with Crippen LogP contribution in [0.2, 0.25) is 0 Å². The van der Waals surface area contributed by atoms with Gasteiger partial charge < -0.3 is 0 Å². The van der Waals surface area contributed by atoms with E-state index in [1.807, 2.05) is 24.4 Å². The molecule has 0 amide bonds. The first kappa shape index (κ1) is 17.5. The first-order valence-electron chi connectivity index (χ1n) is 8.69. The molecule has 0 spiro atoms. The van der Waals surface area contributed by atoms with Crippen molar-refractivity contribution in [2.24, 2.45) is 0 Å². The predicted octanol–water partition coefficient (Wildman–Crippen LogP) is 6.11. The van der Waals surface area contributed by atoms with Gasteiger partial charge in [0.15, 0.2) is 0 Å². The number of aromatic nitrogens is 2. The van der Waals surface area contributed by atoms with Crippen LogP contribution in [-0.2, 0) is 19.5 Å². The van der Waals surface area contributed by atoms with Crippen LogP contribution in [0.4, 0.5) is 0 Å². The summed E-state index contributed by atoms with van der Waals surface area (Å²) in [7, 11) is 0. The van der Waals surface area contributed by atoms with Crippen molar-refractivity contribution < 1.29 is 19.5 Å². The monoisotopic (exact) mass is 434 g/mol. The summed E-state index contributed by atoms with van der Waals surface area (Å²) in [5, 5.41) is 2.21. The fourth-order valence-corrected chi connectivity index (χ4v) is 3.44. The Labute approximate surface area is 170 Å². The molecular weight excluding hydrogens is 417 g/mol. The number of pyridine rings is 2. The molecule has 0 radical (unpaired) electrons. The van der Waals surface area contributed by atoms with Crippen molar-refractivity contribution in [3.63, 3.8) is 0 Å². The van der Waals surface area contributed by atoms with Crippen LogP contribution < -0.4 is 0 Å². The number of hydrogen-bond acceptors (Lipinski definition) is 2. The molecule has 0 unspecified atom stereocenters. The third kappa shape index (κ3) is 3.16. The summed E-state index contributed by atoms with van der Waals surface area (Å²) in [6, 6.07) is 31.3. The maximum atomic E-state index is 5.11. The van der Waals surface area contributed by atoms with Crippen LogP contribution in [0.3, 0.4) is 0 Å². The Bertz CT molecular complexity index is 1220. The Hall–Kier alpha value is -2.90. The zero-order chi connectivity index (χ0) is 17.3. The zero-order valence-electron chi connectivity index (χ0n) is 14.5. The first-order valence-corrected chi connectivity index (χ1v) is 8.69. The van der Waals surface area contributed by atoms with Crippen LogP contribution in [-0.4, -0.2) is 9.97 Å². The van der Waals surface area contributed by atoms with E-state index < -0.39 is 0 Å². The molecule has 5 aromatic rings. The Morgan fingerprint density at radius 3 is 2.07 bits per heavy atom. The molecule has 0 aliphatic rings. The second-order valence-electron chi connectivity index (χ2n) is 6.32. The molecule has 0 saturated heterocycles. The van der Waals surface area contributed by atoms with Gasteiger partial charge in [-0.2, -0.15) is 0 Å². The summed E-state index contributed by atoms with van der Waals surface area (Å²) in [6.07, 6.45) is 1.82. The fraction of sp³-hybridized carbons (Fsp3) is 0. The van der Waals surface area contributed by atoms with E-state index in [0.717, 1.165) is 38.6 Å². The van der Waals surface area contributed by atoms with Crippen LogP contribution in [0, 0.1) is 0 Å². The van der Waals surface area contributed by atoms with Crippen molar-refractivity contribution in [3.05, 3.63) is 97.2 Å². The molecule has 0 fully saturated rings. The van der Waals surface area contributed by atoms with E-state index in [2.05, 4.69) is 77.8 Å². The molecule has 0 N–H and O–H groups in total. The van der Waals surface area contributed by atoms with Gasteiger partial charge in [-0.15, -0.1) is 0 Å². The van der Waals surface area contributed by atoms with E-state index in [-0.39, 0.29) is 19.5 Å². The zero-order valence-corrected chi connectivity index (χ0v) is 16.2. The molecule has 0 saturated carbocycles. The number of hydrogen-bond donors (Lipinski definition) is 0. The molecule has 2 heterocycles. The van der Waals surface area contributed by atoms with Gasteiger partial charge in [0.2, 0.25) is 0 Å². The molecule has 130 valence electrons. The smallest absolute Gasteiger partial charge is 0.0804 e. The summed E-state index contributed by atoms with van der Waals surface area (Å²) in [4.78, 5) is 9.58. The molecule has 0 bridgehead atoms. The van der Waals surface area contributed by atoms with Gasteiger partial charge in [-0.3, -0.25) is 4.98 Å². The second kappa shape index (κ2) is 7.38. The SMILES string of the molecule is [Ru].c1ccc(-c2cc3ccc4ncccc4c3nc2-c2ccccc2)cc1. The average molecular weight is 433 g/mol. The van der Waals surface area contributed by atoms with Gasteiger partial charge in [-0.25, -0.2) is 4.98 Å². The third-order valence-corrected chi connectivity index (χ3v) is 4.70. The van der Waals surface area contributed by atoms with E-state index in [9.17, 15) is 0 Å². The van der Waals surface area contributed by atoms with Gasteiger partial charge in [0.05, 0.1) is 16.7 Å². The maximum Gasteiger partial charge on any atom is 0.0804 e. The number of rotatable bonds is 2. The molecule has 0 aliphatic heterocycles. The van der Waals surface area contributed by atoms with Crippen molar-refractivity contribution in [1.82, 2.24) is 9.97 Å². The summed E-state index contributed by atoms with van der Waals surface area (Å²) < 4.78 is 0. The van der Waals surface area contributed by atoms with Gasteiger partial charge in [0.1, 0.15) is 0 Å². The van der Waals surface area contributed by atoms with Gasteiger partial charge in [-0.1, -0.05) is 66.7 Å². The molecule has 3 heteroatoms. The normalized spacial score (nSPS) is 10.7. The van der Waals surface area contributed by atoms with Crippen molar-refractivity contribution in [2.45, 2.75) is 0 Å². The van der Waals surface area contributed by atoms with Gasteiger partial charge in [0, 0.05) is 47.6 Å². The van der Waals surface area contributed by atoms with Crippen molar-refractivity contribution in [2.75, 3.05) is 0 Å². The maximum absolute atomic E-state index is 5.11. The standard InChI is InChI=1S/C24H16N2.Ru/c1-3-8-17(9-4-1)21-16-19-13-14-22-20(12-7-15-25-22)24(19)26-23(21)18-10-5-2-6-11-18;/h1-16H;. The summed E-state index contributed by atoms with van der Waals surface area (Å²) in [6.45, 7) is 0. The first-order chi connectivity index (χ1) is 12.9. The molecule has 0 aliphatic carbocycles. The summed E-state index contributed by atoms with van der Waals surface area (Å²) in [5.74, 6) is 0. The van der Waals surface area contributed by atoms with E-state index >= 15 is 0 Å². The minimum absolute atomic E-state index is 0. The number of nitrogens with zero attached hydrogens (tertiary/aromatic N) is 2. The molecule has 3 aromatic carbocycles. The van der Waals surface area contributed by atoms with E-state index in [4.69, 9.17) is 4.98 Å². The predicted molar refractivity (Wildman–Crippen MR) is 108 cm³/mol. The van der Waals surface area contributed by atoms with Gasteiger partial charge in [0.25, 0.3) is 0 Å². The van der Waals surface area contributed by atoms with E-state index in [1.165, 1.54) is 5.56 Å². The topological polar surface area (TPSA) is 25.8 Å². The summed E-state index contributed by atoms with van der Waals surface area (Å²) in [5.41, 5.74) is 6.41. The molecule has 2 aromatic heterocycles. The fourth-order valence-electron chi connectivity index (χ4n) is 3.44. The molecule has 27 heavy (non-hydrogen) atoms. The van der Waals surface area contributed by atoms with Gasteiger partial charge in [-0.05, 0) is 29.8 Å².